The zero-order valence-electron chi connectivity index (χ0n) is 11.6. The molecule has 0 saturated carbocycles. The van der Waals surface area contributed by atoms with Gasteiger partial charge in [0, 0.05) is 6.54 Å². The molecule has 0 bridgehead atoms. The Balaban J connectivity index is 2.06. The zero-order chi connectivity index (χ0) is 15.2. The second kappa shape index (κ2) is 7.53. The van der Waals surface area contributed by atoms with Crippen molar-refractivity contribution < 1.29 is 9.13 Å². The van der Waals surface area contributed by atoms with Crippen LogP contribution in [0, 0.1) is 5.82 Å². The van der Waals surface area contributed by atoms with Gasteiger partial charge in [-0.2, -0.15) is 0 Å². The third kappa shape index (κ3) is 4.51. The molecule has 0 fully saturated rings. The summed E-state index contributed by atoms with van der Waals surface area (Å²) in [5.74, 6) is 0.373. The van der Waals surface area contributed by atoms with Crippen LogP contribution < -0.4 is 10.1 Å². The Kier molecular flexibility index (Phi) is 5.71. The van der Waals surface area contributed by atoms with Gasteiger partial charge in [-0.05, 0) is 36.2 Å². The molecule has 0 spiro atoms. The Bertz CT molecular complexity index is 596. The van der Waals surface area contributed by atoms with Crippen molar-refractivity contribution in [1.82, 2.24) is 0 Å². The van der Waals surface area contributed by atoms with Gasteiger partial charge in [0.05, 0.1) is 22.3 Å². The molecular formula is C16H16Cl2FNO. The lowest BCUT2D eigenvalue weighted by Crippen LogP contribution is -2.02. The first-order valence-electron chi connectivity index (χ1n) is 6.70. The van der Waals surface area contributed by atoms with Crippen molar-refractivity contribution in [3.8, 4) is 5.75 Å². The minimum absolute atomic E-state index is 0.262. The third-order valence-corrected chi connectivity index (χ3v) is 3.44. The van der Waals surface area contributed by atoms with Crippen LogP contribution in [0.25, 0.3) is 0 Å². The standard InChI is InChI=1S/C16H16Cl2FNO/c1-2-6-21-13-5-3-4-11(7-13)10-20-16-14(17)8-12(19)9-15(16)18/h3-5,7-9,20H,2,6,10H2,1H3. The van der Waals surface area contributed by atoms with E-state index in [1.54, 1.807) is 0 Å². The minimum Gasteiger partial charge on any atom is -0.494 e. The molecule has 1 N–H and O–H groups in total. The predicted molar refractivity (Wildman–Crippen MR) is 86.0 cm³/mol. The Morgan fingerprint density at radius 1 is 1.14 bits per heavy atom. The molecule has 0 aromatic heterocycles. The number of rotatable bonds is 6. The number of nitrogens with one attached hydrogen (secondary N) is 1. The molecule has 0 unspecified atom stereocenters. The average molecular weight is 328 g/mol. The van der Waals surface area contributed by atoms with Crippen LogP contribution in [0.2, 0.25) is 10.0 Å². The average Bonchev–Trinajstić information content (AvgIpc) is 2.44. The largest absolute Gasteiger partial charge is 0.494 e. The maximum Gasteiger partial charge on any atom is 0.126 e. The van der Waals surface area contributed by atoms with Crippen molar-refractivity contribution >= 4 is 28.9 Å². The van der Waals surface area contributed by atoms with Gasteiger partial charge in [-0.25, -0.2) is 4.39 Å². The molecule has 0 amide bonds. The molecule has 2 aromatic carbocycles. The SMILES string of the molecule is CCCOc1cccc(CNc2c(Cl)cc(F)cc2Cl)c1. The number of ether oxygens (including phenoxy) is 1. The Morgan fingerprint density at radius 3 is 2.52 bits per heavy atom. The van der Waals surface area contributed by atoms with E-state index in [4.69, 9.17) is 27.9 Å². The number of halogens is 3. The summed E-state index contributed by atoms with van der Waals surface area (Å²) in [4.78, 5) is 0. The third-order valence-electron chi connectivity index (χ3n) is 2.85. The van der Waals surface area contributed by atoms with Crippen LogP contribution in [0.4, 0.5) is 10.1 Å². The lowest BCUT2D eigenvalue weighted by Gasteiger charge is -2.12. The van der Waals surface area contributed by atoms with Gasteiger partial charge >= 0.3 is 0 Å². The molecule has 0 aliphatic rings. The normalized spacial score (nSPS) is 10.5. The van der Waals surface area contributed by atoms with Gasteiger partial charge in [-0.3, -0.25) is 0 Å². The molecule has 2 aromatic rings. The first-order valence-corrected chi connectivity index (χ1v) is 7.46. The number of hydrogen-bond acceptors (Lipinski definition) is 2. The van der Waals surface area contributed by atoms with E-state index in [0.29, 0.717) is 18.8 Å². The molecule has 0 aliphatic carbocycles. The molecule has 0 aliphatic heterocycles. The van der Waals surface area contributed by atoms with Crippen molar-refractivity contribution in [1.29, 1.82) is 0 Å². The fourth-order valence-corrected chi connectivity index (χ4v) is 2.46. The van der Waals surface area contributed by atoms with Crippen LogP contribution in [-0.2, 0) is 6.54 Å². The maximum atomic E-state index is 13.1. The van der Waals surface area contributed by atoms with Gasteiger partial charge in [0.1, 0.15) is 11.6 Å². The second-order valence-electron chi connectivity index (χ2n) is 4.59. The van der Waals surface area contributed by atoms with Crippen molar-refractivity contribution in [2.75, 3.05) is 11.9 Å². The lowest BCUT2D eigenvalue weighted by atomic mass is 10.2. The first kappa shape index (κ1) is 15.9. The highest BCUT2D eigenvalue weighted by molar-refractivity contribution is 6.39. The van der Waals surface area contributed by atoms with Crippen LogP contribution in [0.15, 0.2) is 36.4 Å². The summed E-state index contributed by atoms with van der Waals surface area (Å²) in [7, 11) is 0. The van der Waals surface area contributed by atoms with E-state index in [-0.39, 0.29) is 10.0 Å². The minimum atomic E-state index is -0.453. The highest BCUT2D eigenvalue weighted by Gasteiger charge is 2.08. The van der Waals surface area contributed by atoms with Crippen molar-refractivity contribution in [2.45, 2.75) is 19.9 Å². The Hall–Kier alpha value is -1.45. The summed E-state index contributed by atoms with van der Waals surface area (Å²) in [5, 5.41) is 3.65. The van der Waals surface area contributed by atoms with Crippen molar-refractivity contribution in [2.24, 2.45) is 0 Å². The van der Waals surface area contributed by atoms with Crippen molar-refractivity contribution in [3.63, 3.8) is 0 Å². The van der Waals surface area contributed by atoms with E-state index in [0.717, 1.165) is 17.7 Å². The first-order chi connectivity index (χ1) is 10.1. The van der Waals surface area contributed by atoms with E-state index in [1.807, 2.05) is 24.3 Å². The summed E-state index contributed by atoms with van der Waals surface area (Å²) < 4.78 is 18.7. The fourth-order valence-electron chi connectivity index (χ4n) is 1.87. The number of hydrogen-bond donors (Lipinski definition) is 1. The van der Waals surface area contributed by atoms with E-state index >= 15 is 0 Å². The van der Waals surface area contributed by atoms with Crippen LogP contribution in [0.5, 0.6) is 5.75 Å². The van der Waals surface area contributed by atoms with Crippen LogP contribution in [-0.4, -0.2) is 6.61 Å². The highest BCUT2D eigenvalue weighted by Crippen LogP contribution is 2.31. The van der Waals surface area contributed by atoms with Gasteiger partial charge in [-0.1, -0.05) is 42.3 Å². The second-order valence-corrected chi connectivity index (χ2v) is 5.41. The summed E-state index contributed by atoms with van der Waals surface area (Å²) in [6.07, 6.45) is 0.962. The Morgan fingerprint density at radius 2 is 1.86 bits per heavy atom. The summed E-state index contributed by atoms with van der Waals surface area (Å²) in [6, 6.07) is 10.2. The van der Waals surface area contributed by atoms with Gasteiger partial charge in [0.25, 0.3) is 0 Å². The molecule has 0 atom stereocenters. The molecule has 0 saturated heterocycles. The maximum absolute atomic E-state index is 13.1. The molecule has 5 heteroatoms. The quantitative estimate of drug-likeness (QED) is 0.752. The van der Waals surface area contributed by atoms with Gasteiger partial charge in [-0.15, -0.1) is 0 Å². The molecular weight excluding hydrogens is 312 g/mol. The predicted octanol–water partition coefficient (Wildman–Crippen LogP) is 5.53. The fraction of sp³-hybridized carbons (Fsp3) is 0.250. The number of benzene rings is 2. The van der Waals surface area contributed by atoms with Crippen molar-refractivity contribution in [3.05, 3.63) is 57.8 Å². The van der Waals surface area contributed by atoms with Gasteiger partial charge in [0.2, 0.25) is 0 Å². The van der Waals surface area contributed by atoms with Gasteiger partial charge in [0.15, 0.2) is 0 Å². The smallest absolute Gasteiger partial charge is 0.126 e. The molecule has 2 rings (SSSR count). The van der Waals surface area contributed by atoms with Gasteiger partial charge < -0.3 is 10.1 Å². The number of anilines is 1. The summed E-state index contributed by atoms with van der Waals surface area (Å²) >= 11 is 12.0. The Labute approximate surface area is 133 Å². The monoisotopic (exact) mass is 327 g/mol. The van der Waals surface area contributed by atoms with Crippen LogP contribution >= 0.6 is 23.2 Å². The lowest BCUT2D eigenvalue weighted by molar-refractivity contribution is 0.317. The zero-order valence-corrected chi connectivity index (χ0v) is 13.1. The molecule has 2 nitrogen and oxygen atoms in total. The summed E-state index contributed by atoms with van der Waals surface area (Å²) in [5.41, 5.74) is 1.56. The van der Waals surface area contributed by atoms with E-state index in [9.17, 15) is 4.39 Å². The van der Waals surface area contributed by atoms with E-state index in [2.05, 4.69) is 12.2 Å². The van der Waals surface area contributed by atoms with E-state index < -0.39 is 5.82 Å². The molecule has 0 radical (unpaired) electrons. The van der Waals surface area contributed by atoms with Crippen LogP contribution in [0.3, 0.4) is 0 Å². The molecule has 0 heterocycles. The van der Waals surface area contributed by atoms with Crippen LogP contribution in [0.1, 0.15) is 18.9 Å². The highest BCUT2D eigenvalue weighted by atomic mass is 35.5. The summed E-state index contributed by atoms with van der Waals surface area (Å²) in [6.45, 7) is 3.27. The molecule has 112 valence electrons. The molecule has 21 heavy (non-hydrogen) atoms. The van der Waals surface area contributed by atoms with E-state index in [1.165, 1.54) is 12.1 Å². The topological polar surface area (TPSA) is 21.3 Å².